The van der Waals surface area contributed by atoms with Gasteiger partial charge >= 0.3 is 0 Å². The van der Waals surface area contributed by atoms with Crippen LogP contribution in [0.25, 0.3) is 0 Å². The SMILES string of the molecule is CCCN(C)CC1(C)CCC(C)(C)CO1. The van der Waals surface area contributed by atoms with Crippen LogP contribution in [-0.4, -0.2) is 37.2 Å². The molecular formula is C13H27NO. The molecule has 1 saturated heterocycles. The van der Waals surface area contributed by atoms with E-state index in [-0.39, 0.29) is 5.60 Å². The molecule has 0 aliphatic carbocycles. The Labute approximate surface area is 95.0 Å². The van der Waals surface area contributed by atoms with Crippen LogP contribution in [0.4, 0.5) is 0 Å². The molecule has 0 amide bonds. The fraction of sp³-hybridized carbons (Fsp3) is 1.00. The van der Waals surface area contributed by atoms with E-state index in [2.05, 4.69) is 39.6 Å². The Morgan fingerprint density at radius 1 is 1.20 bits per heavy atom. The third-order valence-electron chi connectivity index (χ3n) is 3.35. The van der Waals surface area contributed by atoms with E-state index < -0.39 is 0 Å². The highest BCUT2D eigenvalue weighted by Crippen LogP contribution is 2.35. The summed E-state index contributed by atoms with van der Waals surface area (Å²) in [5.41, 5.74) is 0.461. The van der Waals surface area contributed by atoms with Gasteiger partial charge in [0.15, 0.2) is 0 Å². The number of hydrogen-bond acceptors (Lipinski definition) is 2. The average molecular weight is 213 g/mol. The zero-order valence-corrected chi connectivity index (χ0v) is 11.1. The predicted octanol–water partition coefficient (Wildman–Crippen LogP) is 2.92. The summed E-state index contributed by atoms with van der Waals surface area (Å²) in [6.45, 7) is 12.2. The van der Waals surface area contributed by atoms with E-state index in [0.717, 1.165) is 13.2 Å². The van der Waals surface area contributed by atoms with Crippen molar-refractivity contribution in [2.75, 3.05) is 26.7 Å². The highest BCUT2D eigenvalue weighted by Gasteiger charge is 2.36. The van der Waals surface area contributed by atoms with Gasteiger partial charge < -0.3 is 9.64 Å². The second-order valence-corrected chi connectivity index (χ2v) is 6.14. The Hall–Kier alpha value is -0.0800. The molecule has 1 fully saturated rings. The third kappa shape index (κ3) is 4.12. The molecule has 0 spiro atoms. The first-order valence-electron chi connectivity index (χ1n) is 6.19. The molecule has 1 atom stereocenters. The van der Waals surface area contributed by atoms with Crippen LogP contribution >= 0.6 is 0 Å². The summed E-state index contributed by atoms with van der Waals surface area (Å²) in [5.74, 6) is 0. The lowest BCUT2D eigenvalue weighted by atomic mass is 9.81. The molecule has 0 aromatic carbocycles. The van der Waals surface area contributed by atoms with Crippen LogP contribution in [-0.2, 0) is 4.74 Å². The van der Waals surface area contributed by atoms with Crippen molar-refractivity contribution in [1.29, 1.82) is 0 Å². The van der Waals surface area contributed by atoms with Crippen molar-refractivity contribution in [3.05, 3.63) is 0 Å². The van der Waals surface area contributed by atoms with Crippen molar-refractivity contribution in [1.82, 2.24) is 4.90 Å². The fourth-order valence-electron chi connectivity index (χ4n) is 2.27. The summed E-state index contributed by atoms with van der Waals surface area (Å²) >= 11 is 0. The first kappa shape index (κ1) is 13.0. The lowest BCUT2D eigenvalue weighted by molar-refractivity contribution is -0.123. The minimum Gasteiger partial charge on any atom is -0.373 e. The maximum Gasteiger partial charge on any atom is 0.0781 e. The predicted molar refractivity (Wildman–Crippen MR) is 65.2 cm³/mol. The van der Waals surface area contributed by atoms with E-state index in [9.17, 15) is 0 Å². The quantitative estimate of drug-likeness (QED) is 0.712. The van der Waals surface area contributed by atoms with E-state index in [1.807, 2.05) is 0 Å². The van der Waals surface area contributed by atoms with Crippen molar-refractivity contribution in [2.45, 2.75) is 52.6 Å². The smallest absolute Gasteiger partial charge is 0.0781 e. The van der Waals surface area contributed by atoms with Crippen molar-refractivity contribution >= 4 is 0 Å². The number of nitrogens with zero attached hydrogens (tertiary/aromatic N) is 1. The number of rotatable bonds is 4. The van der Waals surface area contributed by atoms with Crippen LogP contribution in [0, 0.1) is 5.41 Å². The molecule has 1 aliphatic rings. The standard InChI is InChI=1S/C13H27NO/c1-6-9-14(5)10-13(4)8-7-12(2,3)11-15-13/h6-11H2,1-5H3. The Balaban J connectivity index is 2.41. The van der Waals surface area contributed by atoms with Crippen LogP contribution in [0.2, 0.25) is 0 Å². The summed E-state index contributed by atoms with van der Waals surface area (Å²) in [5, 5.41) is 0. The zero-order chi connectivity index (χ0) is 11.5. The van der Waals surface area contributed by atoms with Gasteiger partial charge in [0.05, 0.1) is 12.2 Å². The topological polar surface area (TPSA) is 12.5 Å². The van der Waals surface area contributed by atoms with E-state index in [4.69, 9.17) is 4.74 Å². The molecule has 1 heterocycles. The fourth-order valence-corrected chi connectivity index (χ4v) is 2.27. The highest BCUT2D eigenvalue weighted by atomic mass is 16.5. The van der Waals surface area contributed by atoms with Gasteiger partial charge in [-0.25, -0.2) is 0 Å². The van der Waals surface area contributed by atoms with Crippen LogP contribution in [0.3, 0.4) is 0 Å². The molecule has 15 heavy (non-hydrogen) atoms. The molecule has 0 saturated carbocycles. The van der Waals surface area contributed by atoms with E-state index in [1.165, 1.54) is 25.8 Å². The maximum absolute atomic E-state index is 6.06. The maximum atomic E-state index is 6.06. The van der Waals surface area contributed by atoms with Gasteiger partial charge in [-0.2, -0.15) is 0 Å². The molecule has 0 aromatic heterocycles. The molecule has 1 aliphatic heterocycles. The van der Waals surface area contributed by atoms with Gasteiger partial charge in [0, 0.05) is 6.54 Å². The molecule has 1 unspecified atom stereocenters. The average Bonchev–Trinajstić information content (AvgIpc) is 2.12. The van der Waals surface area contributed by atoms with Gasteiger partial charge in [0.1, 0.15) is 0 Å². The minimum atomic E-state index is 0.0828. The Morgan fingerprint density at radius 3 is 2.33 bits per heavy atom. The summed E-state index contributed by atoms with van der Waals surface area (Å²) < 4.78 is 6.06. The van der Waals surface area contributed by atoms with Crippen molar-refractivity contribution in [3.8, 4) is 0 Å². The third-order valence-corrected chi connectivity index (χ3v) is 3.35. The molecule has 90 valence electrons. The Bertz CT molecular complexity index is 191. The summed E-state index contributed by atoms with van der Waals surface area (Å²) in [7, 11) is 2.19. The number of hydrogen-bond donors (Lipinski definition) is 0. The lowest BCUT2D eigenvalue weighted by Gasteiger charge is -2.43. The van der Waals surface area contributed by atoms with E-state index in [1.54, 1.807) is 0 Å². The van der Waals surface area contributed by atoms with E-state index >= 15 is 0 Å². The molecular weight excluding hydrogens is 186 g/mol. The Morgan fingerprint density at radius 2 is 1.87 bits per heavy atom. The second kappa shape index (κ2) is 4.84. The zero-order valence-electron chi connectivity index (χ0n) is 11.1. The van der Waals surface area contributed by atoms with Crippen molar-refractivity contribution < 1.29 is 4.74 Å². The molecule has 2 nitrogen and oxygen atoms in total. The summed E-state index contributed by atoms with van der Waals surface area (Å²) in [6, 6.07) is 0. The molecule has 0 aromatic rings. The largest absolute Gasteiger partial charge is 0.373 e. The van der Waals surface area contributed by atoms with Gasteiger partial charge in [-0.3, -0.25) is 0 Å². The monoisotopic (exact) mass is 213 g/mol. The number of likely N-dealkylation sites (N-methyl/N-ethyl adjacent to an activating group) is 1. The summed E-state index contributed by atoms with van der Waals surface area (Å²) in [6.07, 6.45) is 3.69. The van der Waals surface area contributed by atoms with Gasteiger partial charge in [0.25, 0.3) is 0 Å². The van der Waals surface area contributed by atoms with Gasteiger partial charge in [-0.1, -0.05) is 20.8 Å². The van der Waals surface area contributed by atoms with Crippen LogP contribution in [0.1, 0.15) is 47.0 Å². The number of ether oxygens (including phenoxy) is 1. The van der Waals surface area contributed by atoms with Gasteiger partial charge in [-0.05, 0) is 45.2 Å². The normalized spacial score (nSPS) is 30.8. The molecule has 0 bridgehead atoms. The first-order valence-corrected chi connectivity index (χ1v) is 6.19. The van der Waals surface area contributed by atoms with E-state index in [0.29, 0.717) is 5.41 Å². The van der Waals surface area contributed by atoms with Crippen LogP contribution in [0.5, 0.6) is 0 Å². The summed E-state index contributed by atoms with van der Waals surface area (Å²) in [4.78, 5) is 2.39. The second-order valence-electron chi connectivity index (χ2n) is 6.14. The lowest BCUT2D eigenvalue weighted by Crippen LogP contribution is -2.47. The van der Waals surface area contributed by atoms with Crippen molar-refractivity contribution in [2.24, 2.45) is 5.41 Å². The minimum absolute atomic E-state index is 0.0828. The molecule has 1 rings (SSSR count). The highest BCUT2D eigenvalue weighted by molar-refractivity contribution is 4.87. The first-order chi connectivity index (χ1) is 6.87. The van der Waals surface area contributed by atoms with Crippen molar-refractivity contribution in [3.63, 3.8) is 0 Å². The van der Waals surface area contributed by atoms with Crippen LogP contribution in [0.15, 0.2) is 0 Å². The molecule has 2 heteroatoms. The van der Waals surface area contributed by atoms with Crippen LogP contribution < -0.4 is 0 Å². The molecule has 0 radical (unpaired) electrons. The molecule has 0 N–H and O–H groups in total. The van der Waals surface area contributed by atoms with Gasteiger partial charge in [0.2, 0.25) is 0 Å². The van der Waals surface area contributed by atoms with Gasteiger partial charge in [-0.15, -0.1) is 0 Å². The Kier molecular flexibility index (Phi) is 4.19.